The van der Waals surface area contributed by atoms with Crippen molar-refractivity contribution in [2.75, 3.05) is 30.8 Å². The van der Waals surface area contributed by atoms with E-state index in [4.69, 9.17) is 0 Å². The molecule has 0 aromatic heterocycles. The van der Waals surface area contributed by atoms with Crippen molar-refractivity contribution in [3.8, 4) is 0 Å². The molecule has 0 radical (unpaired) electrons. The van der Waals surface area contributed by atoms with Crippen molar-refractivity contribution in [2.45, 2.75) is 18.9 Å². The lowest BCUT2D eigenvalue weighted by molar-refractivity contribution is -0.111. The minimum Gasteiger partial charge on any atom is -0.381 e. The van der Waals surface area contributed by atoms with Crippen LogP contribution in [-0.2, 0) is 4.79 Å². The summed E-state index contributed by atoms with van der Waals surface area (Å²) in [7, 11) is 2.13. The summed E-state index contributed by atoms with van der Waals surface area (Å²) in [5.41, 5.74) is 2.33. The van der Waals surface area contributed by atoms with Crippen LogP contribution in [0.4, 0.5) is 15.8 Å². The van der Waals surface area contributed by atoms with Crippen LogP contribution in [0.5, 0.6) is 0 Å². The second-order valence-corrected chi connectivity index (χ2v) is 6.65. The summed E-state index contributed by atoms with van der Waals surface area (Å²) in [5, 5.41) is 6.44. The van der Waals surface area contributed by atoms with Crippen molar-refractivity contribution in [2.24, 2.45) is 0 Å². The molecule has 1 saturated heterocycles. The van der Waals surface area contributed by atoms with Gasteiger partial charge in [0, 0.05) is 12.1 Å². The first-order chi connectivity index (χ1) is 12.6. The molecule has 5 heteroatoms. The van der Waals surface area contributed by atoms with Crippen LogP contribution in [0.1, 0.15) is 18.4 Å². The first-order valence-corrected chi connectivity index (χ1v) is 8.89. The number of benzene rings is 2. The van der Waals surface area contributed by atoms with Crippen LogP contribution in [0.25, 0.3) is 6.08 Å². The zero-order valence-corrected chi connectivity index (χ0v) is 14.9. The van der Waals surface area contributed by atoms with Gasteiger partial charge in [0.1, 0.15) is 5.82 Å². The van der Waals surface area contributed by atoms with Gasteiger partial charge < -0.3 is 15.5 Å². The highest BCUT2D eigenvalue weighted by molar-refractivity contribution is 6.03. The van der Waals surface area contributed by atoms with Gasteiger partial charge in [-0.15, -0.1) is 0 Å². The predicted octanol–water partition coefficient (Wildman–Crippen LogP) is 3.98. The van der Waals surface area contributed by atoms with Crippen molar-refractivity contribution in [3.63, 3.8) is 0 Å². The Labute approximate surface area is 153 Å². The molecular formula is C21H24FN3O. The summed E-state index contributed by atoms with van der Waals surface area (Å²) >= 11 is 0. The summed E-state index contributed by atoms with van der Waals surface area (Å²) < 4.78 is 13.2. The van der Waals surface area contributed by atoms with E-state index in [1.807, 2.05) is 24.3 Å². The maximum atomic E-state index is 13.2. The van der Waals surface area contributed by atoms with Crippen molar-refractivity contribution >= 4 is 23.4 Å². The number of rotatable bonds is 5. The van der Waals surface area contributed by atoms with E-state index in [0.717, 1.165) is 37.3 Å². The van der Waals surface area contributed by atoms with Crippen molar-refractivity contribution in [3.05, 3.63) is 66.0 Å². The molecule has 1 amide bonds. The Hall–Kier alpha value is -2.66. The Kier molecular flexibility index (Phi) is 6.02. The zero-order chi connectivity index (χ0) is 18.4. The number of piperidine rings is 1. The summed E-state index contributed by atoms with van der Waals surface area (Å²) in [6.45, 7) is 2.14. The molecule has 4 nitrogen and oxygen atoms in total. The molecule has 2 aromatic rings. The maximum Gasteiger partial charge on any atom is 0.248 e. The lowest BCUT2D eigenvalue weighted by Crippen LogP contribution is -2.36. The minimum absolute atomic E-state index is 0.244. The molecule has 0 bridgehead atoms. The number of amides is 1. The first kappa shape index (κ1) is 18.1. The fraction of sp³-hybridized carbons (Fsp3) is 0.286. The third-order valence-electron chi connectivity index (χ3n) is 4.54. The largest absolute Gasteiger partial charge is 0.381 e. The number of carbonyl (C=O) groups excluding carboxylic acids is 1. The normalized spacial score (nSPS) is 15.9. The van der Waals surface area contributed by atoms with Crippen molar-refractivity contribution in [1.82, 2.24) is 4.90 Å². The van der Waals surface area contributed by atoms with Crippen LogP contribution in [0.2, 0.25) is 0 Å². The summed E-state index contributed by atoms with van der Waals surface area (Å²) in [6, 6.07) is 14.3. The molecule has 1 aliphatic heterocycles. The maximum absolute atomic E-state index is 13.2. The molecule has 1 fully saturated rings. The highest BCUT2D eigenvalue weighted by Crippen LogP contribution is 2.24. The van der Waals surface area contributed by atoms with E-state index in [9.17, 15) is 9.18 Å². The fourth-order valence-corrected chi connectivity index (χ4v) is 3.05. The second kappa shape index (κ2) is 8.63. The number of nitrogens with one attached hydrogen (secondary N) is 2. The number of para-hydroxylation sites is 2. The van der Waals surface area contributed by atoms with Crippen LogP contribution >= 0.6 is 0 Å². The van der Waals surface area contributed by atoms with Gasteiger partial charge >= 0.3 is 0 Å². The monoisotopic (exact) mass is 353 g/mol. The fourth-order valence-electron chi connectivity index (χ4n) is 3.05. The van der Waals surface area contributed by atoms with E-state index in [-0.39, 0.29) is 11.7 Å². The number of likely N-dealkylation sites (tertiary alicyclic amines) is 1. The number of carbonyl (C=O) groups is 1. The van der Waals surface area contributed by atoms with Gasteiger partial charge in [0.25, 0.3) is 0 Å². The first-order valence-electron chi connectivity index (χ1n) is 8.89. The number of hydrogen-bond donors (Lipinski definition) is 2. The van der Waals surface area contributed by atoms with E-state index in [1.165, 1.54) is 18.2 Å². The van der Waals surface area contributed by atoms with Gasteiger partial charge in [-0.2, -0.15) is 0 Å². The van der Waals surface area contributed by atoms with Crippen LogP contribution in [0, 0.1) is 5.82 Å². The second-order valence-electron chi connectivity index (χ2n) is 6.65. The molecule has 136 valence electrons. The highest BCUT2D eigenvalue weighted by atomic mass is 19.1. The molecule has 1 heterocycles. The molecule has 1 aliphatic rings. The summed E-state index contributed by atoms with van der Waals surface area (Å²) in [6.07, 6.45) is 5.18. The number of hydrogen-bond acceptors (Lipinski definition) is 3. The van der Waals surface area contributed by atoms with Crippen molar-refractivity contribution in [1.29, 1.82) is 0 Å². The average molecular weight is 353 g/mol. The summed E-state index contributed by atoms with van der Waals surface area (Å²) in [4.78, 5) is 14.6. The SMILES string of the molecule is CN1CCC(Nc2ccccc2NC(=O)/C=C/c2cccc(F)c2)CC1. The highest BCUT2D eigenvalue weighted by Gasteiger charge is 2.17. The molecule has 2 N–H and O–H groups in total. The van der Waals surface area contributed by atoms with E-state index in [2.05, 4.69) is 22.6 Å². The number of nitrogens with zero attached hydrogens (tertiary/aromatic N) is 1. The van der Waals surface area contributed by atoms with Crippen LogP contribution in [-0.4, -0.2) is 37.0 Å². The van der Waals surface area contributed by atoms with Gasteiger partial charge in [-0.25, -0.2) is 4.39 Å². The Balaban J connectivity index is 1.63. The Morgan fingerprint density at radius 3 is 2.58 bits per heavy atom. The van der Waals surface area contributed by atoms with Crippen LogP contribution < -0.4 is 10.6 Å². The van der Waals surface area contributed by atoms with E-state index in [0.29, 0.717) is 11.6 Å². The van der Waals surface area contributed by atoms with Crippen LogP contribution in [0.15, 0.2) is 54.6 Å². The average Bonchev–Trinajstić information content (AvgIpc) is 2.64. The van der Waals surface area contributed by atoms with Crippen LogP contribution in [0.3, 0.4) is 0 Å². The van der Waals surface area contributed by atoms with E-state index in [1.54, 1.807) is 18.2 Å². The van der Waals surface area contributed by atoms with E-state index >= 15 is 0 Å². The molecular weight excluding hydrogens is 329 g/mol. The lowest BCUT2D eigenvalue weighted by Gasteiger charge is -2.30. The van der Waals surface area contributed by atoms with Gasteiger partial charge in [-0.05, 0) is 68.9 Å². The third-order valence-corrected chi connectivity index (χ3v) is 4.54. The third kappa shape index (κ3) is 5.17. The summed E-state index contributed by atoms with van der Waals surface area (Å²) in [5.74, 6) is -0.563. The molecule has 0 atom stereocenters. The molecule has 0 spiro atoms. The molecule has 0 aliphatic carbocycles. The number of anilines is 2. The molecule has 2 aromatic carbocycles. The van der Waals surface area contributed by atoms with Crippen molar-refractivity contribution < 1.29 is 9.18 Å². The van der Waals surface area contributed by atoms with E-state index < -0.39 is 0 Å². The number of halogens is 1. The Morgan fingerprint density at radius 1 is 1.12 bits per heavy atom. The van der Waals surface area contributed by atoms with Gasteiger partial charge in [0.05, 0.1) is 11.4 Å². The Bertz CT molecular complexity index is 782. The lowest BCUT2D eigenvalue weighted by atomic mass is 10.0. The minimum atomic E-state index is -0.319. The van der Waals surface area contributed by atoms with Gasteiger partial charge in [0.2, 0.25) is 5.91 Å². The Morgan fingerprint density at radius 2 is 1.85 bits per heavy atom. The molecule has 3 rings (SSSR count). The molecule has 26 heavy (non-hydrogen) atoms. The predicted molar refractivity (Wildman–Crippen MR) is 105 cm³/mol. The molecule has 0 unspecified atom stereocenters. The molecule has 0 saturated carbocycles. The van der Waals surface area contributed by atoms with Gasteiger partial charge in [0.15, 0.2) is 0 Å². The topological polar surface area (TPSA) is 44.4 Å². The zero-order valence-electron chi connectivity index (χ0n) is 14.9. The smallest absolute Gasteiger partial charge is 0.248 e. The van der Waals surface area contributed by atoms with Gasteiger partial charge in [-0.1, -0.05) is 24.3 Å². The quantitative estimate of drug-likeness (QED) is 0.799. The standard InChI is InChI=1S/C21H24FN3O/c1-25-13-11-18(12-14-25)23-19-7-2-3-8-20(19)24-21(26)10-9-16-5-4-6-17(22)15-16/h2-10,15,18,23H,11-14H2,1H3,(H,24,26)/b10-9+. The van der Waals surface area contributed by atoms with Gasteiger partial charge in [-0.3, -0.25) is 4.79 Å².